The molecule has 4 heteroatoms. The van der Waals surface area contributed by atoms with Crippen LogP contribution < -0.4 is 15.4 Å². The highest BCUT2D eigenvalue weighted by Gasteiger charge is 2.16. The predicted octanol–water partition coefficient (Wildman–Crippen LogP) is 2.48. The molecular formula is C15H22N2O2. The quantitative estimate of drug-likeness (QED) is 0.856. The van der Waals surface area contributed by atoms with Crippen molar-refractivity contribution in [2.24, 2.45) is 0 Å². The smallest absolute Gasteiger partial charge is 0.315 e. The number of methoxy groups -OCH3 is 1. The van der Waals surface area contributed by atoms with Crippen molar-refractivity contribution in [2.45, 2.75) is 38.1 Å². The Morgan fingerprint density at radius 2 is 2.16 bits per heavy atom. The molecule has 1 aliphatic rings. The fourth-order valence-corrected chi connectivity index (χ4v) is 2.45. The average Bonchev–Trinajstić information content (AvgIpc) is 2.92. The lowest BCUT2D eigenvalue weighted by Crippen LogP contribution is -2.41. The van der Waals surface area contributed by atoms with Crippen molar-refractivity contribution in [3.05, 3.63) is 29.8 Å². The molecule has 0 heterocycles. The van der Waals surface area contributed by atoms with Gasteiger partial charge in [0.25, 0.3) is 0 Å². The number of nitrogens with one attached hydrogen (secondary N) is 2. The Morgan fingerprint density at radius 3 is 2.89 bits per heavy atom. The van der Waals surface area contributed by atoms with Gasteiger partial charge in [0.2, 0.25) is 0 Å². The number of carbonyl (C=O) groups excluding carboxylic acids is 1. The Bertz CT molecular complexity index is 414. The molecule has 1 saturated carbocycles. The molecule has 1 aromatic rings. The summed E-state index contributed by atoms with van der Waals surface area (Å²) in [7, 11) is 1.66. The third-order valence-corrected chi connectivity index (χ3v) is 3.52. The second-order valence-corrected chi connectivity index (χ2v) is 4.98. The van der Waals surface area contributed by atoms with Gasteiger partial charge >= 0.3 is 6.03 Å². The first kappa shape index (κ1) is 13.7. The minimum absolute atomic E-state index is 0.0465. The van der Waals surface area contributed by atoms with Crippen molar-refractivity contribution < 1.29 is 9.53 Å². The molecule has 1 aromatic carbocycles. The first-order chi connectivity index (χ1) is 9.28. The summed E-state index contributed by atoms with van der Waals surface area (Å²) in [5.41, 5.74) is 1.17. The fourth-order valence-electron chi connectivity index (χ4n) is 2.45. The van der Waals surface area contributed by atoms with Crippen LogP contribution in [0, 0.1) is 0 Å². The van der Waals surface area contributed by atoms with E-state index in [1.54, 1.807) is 7.11 Å². The van der Waals surface area contributed by atoms with Crippen LogP contribution in [0.3, 0.4) is 0 Å². The molecule has 0 radical (unpaired) electrons. The third kappa shape index (κ3) is 4.47. The van der Waals surface area contributed by atoms with Crippen LogP contribution in [0.4, 0.5) is 4.79 Å². The van der Waals surface area contributed by atoms with Crippen molar-refractivity contribution >= 4 is 6.03 Å². The summed E-state index contributed by atoms with van der Waals surface area (Å²) in [5.74, 6) is 0.855. The highest BCUT2D eigenvalue weighted by Crippen LogP contribution is 2.17. The van der Waals surface area contributed by atoms with Gasteiger partial charge in [0.1, 0.15) is 5.75 Å². The Morgan fingerprint density at radius 1 is 1.37 bits per heavy atom. The number of hydrogen-bond donors (Lipinski definition) is 2. The monoisotopic (exact) mass is 262 g/mol. The van der Waals surface area contributed by atoms with Crippen LogP contribution in [0.5, 0.6) is 5.75 Å². The van der Waals surface area contributed by atoms with Gasteiger partial charge in [-0.15, -0.1) is 0 Å². The molecule has 0 spiro atoms. The van der Waals surface area contributed by atoms with Gasteiger partial charge in [-0.3, -0.25) is 0 Å². The van der Waals surface area contributed by atoms with Crippen molar-refractivity contribution in [1.29, 1.82) is 0 Å². The molecule has 0 saturated heterocycles. The summed E-state index contributed by atoms with van der Waals surface area (Å²) in [6.45, 7) is 0.645. The van der Waals surface area contributed by atoms with E-state index in [1.165, 1.54) is 18.4 Å². The molecule has 0 aromatic heterocycles. The number of carbonyl (C=O) groups is 1. The van der Waals surface area contributed by atoms with Gasteiger partial charge in [0.15, 0.2) is 0 Å². The van der Waals surface area contributed by atoms with Gasteiger partial charge in [0.05, 0.1) is 7.11 Å². The summed E-state index contributed by atoms with van der Waals surface area (Å²) >= 11 is 0. The van der Waals surface area contributed by atoms with E-state index < -0.39 is 0 Å². The third-order valence-electron chi connectivity index (χ3n) is 3.52. The minimum Gasteiger partial charge on any atom is -0.497 e. The molecule has 2 N–H and O–H groups in total. The maximum Gasteiger partial charge on any atom is 0.315 e. The van der Waals surface area contributed by atoms with E-state index in [1.807, 2.05) is 24.3 Å². The van der Waals surface area contributed by atoms with E-state index in [0.717, 1.165) is 25.0 Å². The topological polar surface area (TPSA) is 50.4 Å². The van der Waals surface area contributed by atoms with Gasteiger partial charge < -0.3 is 15.4 Å². The van der Waals surface area contributed by atoms with E-state index >= 15 is 0 Å². The number of amides is 2. The van der Waals surface area contributed by atoms with Crippen molar-refractivity contribution in [1.82, 2.24) is 10.6 Å². The fraction of sp³-hybridized carbons (Fsp3) is 0.533. The molecule has 4 nitrogen and oxygen atoms in total. The zero-order valence-electron chi connectivity index (χ0n) is 11.4. The highest BCUT2D eigenvalue weighted by atomic mass is 16.5. The number of benzene rings is 1. The van der Waals surface area contributed by atoms with Crippen LogP contribution in [0.2, 0.25) is 0 Å². The van der Waals surface area contributed by atoms with Crippen molar-refractivity contribution in [3.8, 4) is 5.75 Å². The van der Waals surface area contributed by atoms with E-state index in [4.69, 9.17) is 4.74 Å². The van der Waals surface area contributed by atoms with E-state index in [0.29, 0.717) is 12.6 Å². The van der Waals surface area contributed by atoms with E-state index in [2.05, 4.69) is 10.6 Å². The largest absolute Gasteiger partial charge is 0.497 e. The summed E-state index contributed by atoms with van der Waals surface area (Å²) < 4.78 is 5.17. The molecule has 1 aliphatic carbocycles. The van der Waals surface area contributed by atoms with Crippen LogP contribution in [0.15, 0.2) is 24.3 Å². The predicted molar refractivity (Wildman–Crippen MR) is 75.5 cm³/mol. The number of ether oxygens (including phenoxy) is 1. The van der Waals surface area contributed by atoms with E-state index in [-0.39, 0.29) is 6.03 Å². The molecule has 0 aliphatic heterocycles. The zero-order chi connectivity index (χ0) is 13.5. The van der Waals surface area contributed by atoms with Crippen molar-refractivity contribution in [2.75, 3.05) is 13.7 Å². The maximum atomic E-state index is 11.7. The molecule has 0 bridgehead atoms. The lowest BCUT2D eigenvalue weighted by atomic mass is 10.1. The lowest BCUT2D eigenvalue weighted by molar-refractivity contribution is 0.237. The summed E-state index contributed by atoms with van der Waals surface area (Å²) in [6, 6.07) is 8.25. The Labute approximate surface area is 114 Å². The van der Waals surface area contributed by atoms with Gasteiger partial charge in [-0.25, -0.2) is 4.79 Å². The van der Waals surface area contributed by atoms with Gasteiger partial charge in [-0.05, 0) is 37.0 Å². The SMILES string of the molecule is COc1cccc(CCNC(=O)NC2CCCC2)c1. The van der Waals surface area contributed by atoms with Crippen LogP contribution >= 0.6 is 0 Å². The van der Waals surface area contributed by atoms with Gasteiger partial charge in [0, 0.05) is 12.6 Å². The normalized spacial score (nSPS) is 15.2. The van der Waals surface area contributed by atoms with Crippen LogP contribution in [-0.4, -0.2) is 25.7 Å². The molecule has 0 unspecified atom stereocenters. The van der Waals surface area contributed by atoms with Crippen LogP contribution in [-0.2, 0) is 6.42 Å². The summed E-state index contributed by atoms with van der Waals surface area (Å²) in [5, 5.41) is 5.92. The summed E-state index contributed by atoms with van der Waals surface area (Å²) in [4.78, 5) is 11.7. The van der Waals surface area contributed by atoms with Crippen LogP contribution in [0.1, 0.15) is 31.2 Å². The molecule has 19 heavy (non-hydrogen) atoms. The number of hydrogen-bond acceptors (Lipinski definition) is 2. The summed E-state index contributed by atoms with van der Waals surface area (Å²) in [6.07, 6.45) is 5.51. The number of rotatable bonds is 5. The molecular weight excluding hydrogens is 240 g/mol. The second kappa shape index (κ2) is 7.02. The Balaban J connectivity index is 1.68. The van der Waals surface area contributed by atoms with Gasteiger partial charge in [-0.1, -0.05) is 25.0 Å². The zero-order valence-corrected chi connectivity index (χ0v) is 11.4. The van der Waals surface area contributed by atoms with E-state index in [9.17, 15) is 4.79 Å². The molecule has 0 atom stereocenters. The van der Waals surface area contributed by atoms with Crippen molar-refractivity contribution in [3.63, 3.8) is 0 Å². The Kier molecular flexibility index (Phi) is 5.07. The minimum atomic E-state index is -0.0465. The standard InChI is InChI=1S/C15H22N2O2/c1-19-14-8-4-5-12(11-14)9-10-16-15(18)17-13-6-2-3-7-13/h4-5,8,11,13H,2-3,6-7,9-10H2,1H3,(H2,16,17,18). The first-order valence-corrected chi connectivity index (χ1v) is 6.95. The second-order valence-electron chi connectivity index (χ2n) is 4.98. The lowest BCUT2D eigenvalue weighted by Gasteiger charge is -2.13. The molecule has 1 fully saturated rings. The highest BCUT2D eigenvalue weighted by molar-refractivity contribution is 5.74. The molecule has 2 amide bonds. The first-order valence-electron chi connectivity index (χ1n) is 6.95. The van der Waals surface area contributed by atoms with Crippen LogP contribution in [0.25, 0.3) is 0 Å². The molecule has 2 rings (SSSR count). The average molecular weight is 262 g/mol. The maximum absolute atomic E-state index is 11.7. The Hall–Kier alpha value is -1.71. The molecule has 104 valence electrons. The van der Waals surface area contributed by atoms with Gasteiger partial charge in [-0.2, -0.15) is 0 Å². The number of urea groups is 1.